The Balaban J connectivity index is 0.00000264. The van der Waals surface area contributed by atoms with Gasteiger partial charge in [0.25, 0.3) is 0 Å². The highest BCUT2D eigenvalue weighted by atomic mass is 79.9. The van der Waals surface area contributed by atoms with Crippen molar-refractivity contribution in [2.24, 2.45) is 0 Å². The third-order valence-electron chi connectivity index (χ3n) is 3.49. The molecule has 5 nitrogen and oxygen atoms in total. The number of nitrogens with zero attached hydrogens (tertiary/aromatic N) is 4. The van der Waals surface area contributed by atoms with Crippen LogP contribution >= 0.6 is 65.8 Å². The molecule has 2 heterocycles. The Morgan fingerprint density at radius 1 is 0.833 bits per heavy atom. The van der Waals surface area contributed by atoms with Gasteiger partial charge in [0, 0.05) is 35.4 Å². The van der Waals surface area contributed by atoms with Crippen molar-refractivity contribution in [2.75, 3.05) is 10.7 Å². The smallest absolute Gasteiger partial charge is 0.152 e. The maximum Gasteiger partial charge on any atom is 0.152 e. The summed E-state index contributed by atoms with van der Waals surface area (Å²) in [5.74, 6) is -0.670. The standard InChI is InChI=1S/C15H16Br2N4O.2BrH/c1-9-13(20-5-3-18-9)11(7-16)15(22)12(8-17)14-10(2)19-4-6-21-14;;/h3-6,11-12H,7-8H2,1-2H3;2*1H. The van der Waals surface area contributed by atoms with E-state index in [0.29, 0.717) is 22.0 Å². The molecule has 0 aliphatic rings. The number of Topliss-reactive ketones (excluding diaryl/α,β-unsaturated/α-hetero) is 1. The van der Waals surface area contributed by atoms with Crippen LogP contribution in [0.3, 0.4) is 0 Å². The van der Waals surface area contributed by atoms with Crippen LogP contribution < -0.4 is 0 Å². The van der Waals surface area contributed by atoms with E-state index in [1.807, 2.05) is 13.8 Å². The summed E-state index contributed by atoms with van der Waals surface area (Å²) in [6.45, 7) is 3.73. The van der Waals surface area contributed by atoms with Gasteiger partial charge in [0.15, 0.2) is 5.78 Å². The highest BCUT2D eigenvalue weighted by Crippen LogP contribution is 2.29. The van der Waals surface area contributed by atoms with Crippen molar-refractivity contribution < 1.29 is 4.79 Å². The summed E-state index contributed by atoms with van der Waals surface area (Å²) in [4.78, 5) is 30.2. The number of hydrogen-bond acceptors (Lipinski definition) is 5. The molecule has 0 radical (unpaired) electrons. The molecule has 0 N–H and O–H groups in total. The van der Waals surface area contributed by atoms with Gasteiger partial charge in [-0.1, -0.05) is 31.9 Å². The van der Waals surface area contributed by atoms with Gasteiger partial charge < -0.3 is 0 Å². The molecule has 0 aliphatic heterocycles. The molecular weight excluding hydrogens is 572 g/mol. The van der Waals surface area contributed by atoms with Gasteiger partial charge in [-0.2, -0.15) is 0 Å². The van der Waals surface area contributed by atoms with E-state index < -0.39 is 0 Å². The first-order chi connectivity index (χ1) is 10.6. The molecule has 0 bridgehead atoms. The molecule has 0 fully saturated rings. The van der Waals surface area contributed by atoms with E-state index in [-0.39, 0.29) is 51.6 Å². The molecule has 2 aromatic rings. The number of ketones is 1. The van der Waals surface area contributed by atoms with E-state index in [1.54, 1.807) is 24.8 Å². The van der Waals surface area contributed by atoms with Crippen molar-refractivity contribution in [1.82, 2.24) is 19.9 Å². The fourth-order valence-electron chi connectivity index (χ4n) is 2.33. The van der Waals surface area contributed by atoms with Crippen LogP contribution in [-0.2, 0) is 4.79 Å². The number of aryl methyl sites for hydroxylation is 2. The maximum absolute atomic E-state index is 13.0. The molecule has 0 aromatic carbocycles. The average molecular weight is 590 g/mol. The molecule has 0 saturated heterocycles. The van der Waals surface area contributed by atoms with Crippen molar-refractivity contribution in [1.29, 1.82) is 0 Å². The summed E-state index contributed by atoms with van der Waals surface area (Å²) in [6, 6.07) is 0. The lowest BCUT2D eigenvalue weighted by molar-refractivity contribution is -0.121. The number of aromatic nitrogens is 4. The number of rotatable bonds is 6. The van der Waals surface area contributed by atoms with Crippen LogP contribution in [-0.4, -0.2) is 36.4 Å². The largest absolute Gasteiger partial charge is 0.298 e. The first-order valence-corrected chi connectivity index (χ1v) is 9.05. The van der Waals surface area contributed by atoms with Crippen molar-refractivity contribution in [2.45, 2.75) is 25.7 Å². The summed E-state index contributed by atoms with van der Waals surface area (Å²) >= 11 is 6.87. The van der Waals surface area contributed by atoms with Gasteiger partial charge in [0.2, 0.25) is 0 Å². The van der Waals surface area contributed by atoms with E-state index in [1.165, 1.54) is 0 Å². The fraction of sp³-hybridized carbons (Fsp3) is 0.400. The molecule has 24 heavy (non-hydrogen) atoms. The molecule has 0 amide bonds. The Morgan fingerprint density at radius 2 is 1.17 bits per heavy atom. The molecule has 0 aliphatic carbocycles. The SMILES string of the molecule is Br.Br.Cc1nccnc1C(CBr)C(=O)C(CBr)c1nccnc1C. The van der Waals surface area contributed by atoms with Crippen molar-refractivity contribution in [3.05, 3.63) is 47.6 Å². The van der Waals surface area contributed by atoms with Crippen LogP contribution in [0.15, 0.2) is 24.8 Å². The number of alkyl halides is 2. The zero-order valence-electron chi connectivity index (χ0n) is 13.1. The van der Waals surface area contributed by atoms with Gasteiger partial charge >= 0.3 is 0 Å². The molecule has 2 unspecified atom stereocenters. The molecule has 2 atom stereocenters. The van der Waals surface area contributed by atoms with E-state index in [4.69, 9.17) is 0 Å². The van der Waals surface area contributed by atoms with Gasteiger partial charge in [-0.05, 0) is 13.8 Å². The summed E-state index contributed by atoms with van der Waals surface area (Å²) in [6.07, 6.45) is 6.48. The van der Waals surface area contributed by atoms with Crippen LogP contribution in [0.25, 0.3) is 0 Å². The van der Waals surface area contributed by atoms with Gasteiger partial charge in [-0.25, -0.2) is 0 Å². The molecule has 0 spiro atoms. The monoisotopic (exact) mass is 586 g/mol. The van der Waals surface area contributed by atoms with Crippen molar-refractivity contribution >= 4 is 71.6 Å². The minimum atomic E-state index is -0.363. The Hall–Kier alpha value is -0.250. The third-order valence-corrected chi connectivity index (χ3v) is 4.79. The normalized spacial score (nSPS) is 12.5. The molecule has 9 heteroatoms. The highest BCUT2D eigenvalue weighted by molar-refractivity contribution is 9.09. The molecular formula is C15H18Br4N4O. The Bertz CT molecular complexity index is 616. The minimum Gasteiger partial charge on any atom is -0.298 e. The first kappa shape index (κ1) is 23.8. The summed E-state index contributed by atoms with van der Waals surface area (Å²) in [7, 11) is 0. The summed E-state index contributed by atoms with van der Waals surface area (Å²) in [5, 5.41) is 0.988. The maximum atomic E-state index is 13.0. The van der Waals surface area contributed by atoms with Crippen molar-refractivity contribution in [3.8, 4) is 0 Å². The second-order valence-corrected chi connectivity index (χ2v) is 6.17. The summed E-state index contributed by atoms with van der Waals surface area (Å²) < 4.78 is 0. The fourth-order valence-corrected chi connectivity index (χ4v) is 3.58. The van der Waals surface area contributed by atoms with Crippen LogP contribution in [0.1, 0.15) is 34.6 Å². The lowest BCUT2D eigenvalue weighted by Gasteiger charge is -2.20. The zero-order valence-corrected chi connectivity index (χ0v) is 19.7. The Kier molecular flexibility index (Phi) is 11.3. The first-order valence-electron chi connectivity index (χ1n) is 6.80. The quantitative estimate of drug-likeness (QED) is 0.471. The van der Waals surface area contributed by atoms with Gasteiger partial charge in [0.05, 0.1) is 34.6 Å². The topological polar surface area (TPSA) is 68.6 Å². The molecule has 2 aromatic heterocycles. The zero-order chi connectivity index (χ0) is 16.1. The van der Waals surface area contributed by atoms with Gasteiger partial charge in [-0.3, -0.25) is 24.7 Å². The van der Waals surface area contributed by atoms with E-state index in [0.717, 1.165) is 11.4 Å². The second kappa shape index (κ2) is 11.4. The Morgan fingerprint density at radius 3 is 1.46 bits per heavy atom. The summed E-state index contributed by atoms with van der Waals surface area (Å²) in [5.41, 5.74) is 2.95. The lowest BCUT2D eigenvalue weighted by atomic mass is 9.89. The van der Waals surface area contributed by atoms with E-state index in [2.05, 4.69) is 51.8 Å². The predicted octanol–water partition coefficient (Wildman–Crippen LogP) is 4.27. The average Bonchev–Trinajstić information content (AvgIpc) is 2.52. The highest BCUT2D eigenvalue weighted by Gasteiger charge is 2.32. The third kappa shape index (κ3) is 5.37. The second-order valence-electron chi connectivity index (χ2n) is 4.87. The van der Waals surface area contributed by atoms with E-state index >= 15 is 0 Å². The number of hydrogen-bond donors (Lipinski definition) is 0. The van der Waals surface area contributed by atoms with Gasteiger partial charge in [-0.15, -0.1) is 34.0 Å². The van der Waals surface area contributed by atoms with Crippen LogP contribution in [0.5, 0.6) is 0 Å². The van der Waals surface area contributed by atoms with Crippen molar-refractivity contribution in [3.63, 3.8) is 0 Å². The number of halogens is 4. The number of carbonyl (C=O) groups is 1. The number of carbonyl (C=O) groups excluding carboxylic acids is 1. The molecule has 0 saturated carbocycles. The molecule has 132 valence electrons. The minimum absolute atomic E-state index is 0. The van der Waals surface area contributed by atoms with E-state index in [9.17, 15) is 4.79 Å². The lowest BCUT2D eigenvalue weighted by Crippen LogP contribution is -2.26. The van der Waals surface area contributed by atoms with Crippen LogP contribution in [0.2, 0.25) is 0 Å². The molecule has 2 rings (SSSR count). The predicted molar refractivity (Wildman–Crippen MR) is 112 cm³/mol. The van der Waals surface area contributed by atoms with Crippen LogP contribution in [0.4, 0.5) is 0 Å². The van der Waals surface area contributed by atoms with Crippen LogP contribution in [0, 0.1) is 13.8 Å². The Labute approximate surface area is 179 Å². The van der Waals surface area contributed by atoms with Gasteiger partial charge in [0.1, 0.15) is 0 Å².